The van der Waals surface area contributed by atoms with Crippen molar-refractivity contribution in [2.45, 2.75) is 69.9 Å². The summed E-state index contributed by atoms with van der Waals surface area (Å²) in [7, 11) is 0. The highest BCUT2D eigenvalue weighted by Gasteiger charge is 2.27. The van der Waals surface area contributed by atoms with E-state index in [0.717, 1.165) is 37.5 Å². The Kier molecular flexibility index (Phi) is 7.39. The monoisotopic (exact) mass is 418 g/mol. The van der Waals surface area contributed by atoms with E-state index in [-0.39, 0.29) is 12.1 Å². The molecule has 0 bridgehead atoms. The van der Waals surface area contributed by atoms with Crippen LogP contribution < -0.4 is 0 Å². The van der Waals surface area contributed by atoms with Crippen LogP contribution in [0.3, 0.4) is 0 Å². The fraction of sp³-hybridized carbons (Fsp3) is 0.481. The second-order valence-electron chi connectivity index (χ2n) is 8.66. The van der Waals surface area contributed by atoms with Crippen LogP contribution in [0.5, 0.6) is 0 Å². The number of hydrogen-bond acceptors (Lipinski definition) is 4. The molecule has 0 aromatic heterocycles. The third-order valence-electron chi connectivity index (χ3n) is 6.48. The fourth-order valence-corrected chi connectivity index (χ4v) is 4.69. The minimum absolute atomic E-state index is 0.223. The molecular formula is C27H34N2O2. The number of ether oxygens (including phenoxy) is 2. The number of hydrogen-bond donors (Lipinski definition) is 0. The summed E-state index contributed by atoms with van der Waals surface area (Å²) in [6.07, 6.45) is 4.85. The van der Waals surface area contributed by atoms with Gasteiger partial charge in [0.05, 0.1) is 18.5 Å². The maximum absolute atomic E-state index is 5.90. The van der Waals surface area contributed by atoms with Gasteiger partial charge in [0.25, 0.3) is 0 Å². The molecule has 2 heterocycles. The second-order valence-corrected chi connectivity index (χ2v) is 8.66. The first-order valence-electron chi connectivity index (χ1n) is 11.7. The van der Waals surface area contributed by atoms with Crippen LogP contribution in [0.4, 0.5) is 0 Å². The van der Waals surface area contributed by atoms with Crippen LogP contribution in [0.1, 0.15) is 68.9 Å². The summed E-state index contributed by atoms with van der Waals surface area (Å²) in [6.45, 7) is 5.83. The largest absolute Gasteiger partial charge is 0.478 e. The predicted octanol–water partition coefficient (Wildman–Crippen LogP) is 6.14. The van der Waals surface area contributed by atoms with E-state index in [2.05, 4.69) is 74.5 Å². The number of nitrogens with zero attached hydrogens (tertiary/aromatic N) is 2. The smallest absolute Gasteiger partial charge is 0.193 e. The Morgan fingerprint density at radius 2 is 1.13 bits per heavy atom. The number of rotatable bonds is 10. The van der Waals surface area contributed by atoms with E-state index in [1.165, 1.54) is 11.1 Å². The average molecular weight is 419 g/mol. The summed E-state index contributed by atoms with van der Waals surface area (Å²) >= 11 is 0. The maximum Gasteiger partial charge on any atom is 0.193 e. The van der Waals surface area contributed by atoms with Crippen molar-refractivity contribution in [3.8, 4) is 0 Å². The Morgan fingerprint density at radius 1 is 0.710 bits per heavy atom. The highest BCUT2D eigenvalue weighted by atomic mass is 16.5. The third kappa shape index (κ3) is 5.75. The Hall–Kier alpha value is -2.62. The zero-order chi connectivity index (χ0) is 21.5. The van der Waals surface area contributed by atoms with Crippen LogP contribution >= 0.6 is 0 Å². The van der Waals surface area contributed by atoms with E-state index < -0.39 is 0 Å². The molecule has 31 heavy (non-hydrogen) atoms. The standard InChI is InChI=1S/C27H34N2O2/c1-3-20(22-11-7-5-8-12-22)15-24-18-30-26(28-24)17-27-29-25(19-31-27)16-21(4-2)23-13-9-6-10-14-23/h5-14,20-21,24-25H,3-4,15-19H2,1-2H3/t20?,21?,24-,25-/m0/s1. The van der Waals surface area contributed by atoms with Crippen molar-refractivity contribution in [1.82, 2.24) is 0 Å². The summed E-state index contributed by atoms with van der Waals surface area (Å²) in [6, 6.07) is 21.9. The van der Waals surface area contributed by atoms with E-state index in [9.17, 15) is 0 Å². The molecule has 0 saturated heterocycles. The van der Waals surface area contributed by atoms with Crippen molar-refractivity contribution in [3.05, 3.63) is 71.8 Å². The number of aliphatic imine (C=N–C) groups is 2. The van der Waals surface area contributed by atoms with Crippen LogP contribution in [0.2, 0.25) is 0 Å². The van der Waals surface area contributed by atoms with Crippen molar-refractivity contribution in [1.29, 1.82) is 0 Å². The molecule has 2 aromatic carbocycles. The van der Waals surface area contributed by atoms with E-state index in [0.29, 0.717) is 31.5 Å². The van der Waals surface area contributed by atoms with Crippen LogP contribution in [0.25, 0.3) is 0 Å². The number of benzene rings is 2. The fourth-order valence-electron chi connectivity index (χ4n) is 4.69. The molecular weight excluding hydrogens is 384 g/mol. The summed E-state index contributed by atoms with van der Waals surface area (Å²) in [5.74, 6) is 2.60. The molecule has 0 fully saturated rings. The van der Waals surface area contributed by atoms with Crippen molar-refractivity contribution in [3.63, 3.8) is 0 Å². The Balaban J connectivity index is 1.31. The highest BCUT2D eigenvalue weighted by molar-refractivity contribution is 5.98. The minimum atomic E-state index is 0.223. The molecule has 0 spiro atoms. The molecule has 4 nitrogen and oxygen atoms in total. The Labute approximate surface area is 186 Å². The van der Waals surface area contributed by atoms with Gasteiger partial charge in [0, 0.05) is 0 Å². The maximum atomic E-state index is 5.90. The SMILES string of the molecule is CCC(C[C@H]1COC(CC2=N[C@@H](CC(CC)c3ccccc3)CO2)=N1)c1ccccc1. The van der Waals surface area contributed by atoms with Gasteiger partial charge in [0.1, 0.15) is 13.2 Å². The Bertz CT molecular complexity index is 805. The average Bonchev–Trinajstić information content (AvgIpc) is 3.46. The van der Waals surface area contributed by atoms with Crippen molar-refractivity contribution in [2.24, 2.45) is 9.98 Å². The summed E-state index contributed by atoms with van der Waals surface area (Å²) < 4.78 is 11.8. The molecule has 0 amide bonds. The molecule has 164 valence electrons. The van der Waals surface area contributed by atoms with E-state index in [1.807, 2.05) is 0 Å². The minimum Gasteiger partial charge on any atom is -0.478 e. The zero-order valence-electron chi connectivity index (χ0n) is 18.7. The van der Waals surface area contributed by atoms with Crippen molar-refractivity contribution in [2.75, 3.05) is 13.2 Å². The first-order valence-corrected chi connectivity index (χ1v) is 11.7. The van der Waals surface area contributed by atoms with Gasteiger partial charge in [-0.2, -0.15) is 0 Å². The molecule has 2 aliphatic rings. The van der Waals surface area contributed by atoms with E-state index >= 15 is 0 Å². The molecule has 0 saturated carbocycles. The summed E-state index contributed by atoms with van der Waals surface area (Å²) in [4.78, 5) is 9.70. The summed E-state index contributed by atoms with van der Waals surface area (Å²) in [5.41, 5.74) is 2.78. The van der Waals surface area contributed by atoms with Gasteiger partial charge in [-0.25, -0.2) is 9.98 Å². The molecule has 0 radical (unpaired) electrons. The topological polar surface area (TPSA) is 43.2 Å². The van der Waals surface area contributed by atoms with Gasteiger partial charge >= 0.3 is 0 Å². The first kappa shape index (κ1) is 21.6. The predicted molar refractivity (Wildman–Crippen MR) is 127 cm³/mol. The molecule has 4 atom stereocenters. The van der Waals surface area contributed by atoms with Crippen LogP contribution in [-0.4, -0.2) is 37.1 Å². The second kappa shape index (κ2) is 10.6. The van der Waals surface area contributed by atoms with Gasteiger partial charge in [-0.15, -0.1) is 0 Å². The normalized spacial score (nSPS) is 22.3. The van der Waals surface area contributed by atoms with Gasteiger partial charge in [-0.05, 0) is 48.6 Å². The quantitative estimate of drug-likeness (QED) is 0.465. The van der Waals surface area contributed by atoms with Crippen LogP contribution in [-0.2, 0) is 9.47 Å². The van der Waals surface area contributed by atoms with Crippen LogP contribution in [0.15, 0.2) is 70.6 Å². The molecule has 2 aliphatic heterocycles. The molecule has 0 aliphatic carbocycles. The van der Waals surface area contributed by atoms with Gasteiger partial charge in [0.2, 0.25) is 0 Å². The molecule has 4 heteroatoms. The lowest BCUT2D eigenvalue weighted by atomic mass is 9.90. The lowest BCUT2D eigenvalue weighted by Crippen LogP contribution is -2.12. The van der Waals surface area contributed by atoms with Crippen molar-refractivity contribution >= 4 is 11.8 Å². The first-order chi connectivity index (χ1) is 15.2. The van der Waals surface area contributed by atoms with Crippen molar-refractivity contribution < 1.29 is 9.47 Å². The van der Waals surface area contributed by atoms with Gasteiger partial charge in [0.15, 0.2) is 11.8 Å². The van der Waals surface area contributed by atoms with E-state index in [4.69, 9.17) is 19.5 Å². The lowest BCUT2D eigenvalue weighted by molar-refractivity contribution is 0.288. The Morgan fingerprint density at radius 3 is 1.52 bits per heavy atom. The third-order valence-corrected chi connectivity index (χ3v) is 6.48. The van der Waals surface area contributed by atoms with Gasteiger partial charge in [-0.3, -0.25) is 0 Å². The van der Waals surface area contributed by atoms with Gasteiger partial charge < -0.3 is 9.47 Å². The lowest BCUT2D eigenvalue weighted by Gasteiger charge is -2.17. The highest BCUT2D eigenvalue weighted by Crippen LogP contribution is 2.29. The summed E-state index contributed by atoms with van der Waals surface area (Å²) in [5, 5.41) is 0. The zero-order valence-corrected chi connectivity index (χ0v) is 18.7. The van der Waals surface area contributed by atoms with E-state index in [1.54, 1.807) is 0 Å². The molecule has 0 N–H and O–H groups in total. The van der Waals surface area contributed by atoms with Crippen LogP contribution in [0, 0.1) is 0 Å². The molecule has 4 rings (SSSR count). The molecule has 2 aromatic rings. The van der Waals surface area contributed by atoms with Gasteiger partial charge in [-0.1, -0.05) is 74.5 Å². The molecule has 2 unspecified atom stereocenters.